The Balaban J connectivity index is 1.39. The van der Waals surface area contributed by atoms with Crippen LogP contribution in [0.25, 0.3) is 22.4 Å². The molecule has 0 unspecified atom stereocenters. The van der Waals surface area contributed by atoms with E-state index < -0.39 is 0 Å². The second-order valence-corrected chi connectivity index (χ2v) is 8.01. The highest BCUT2D eigenvalue weighted by Gasteiger charge is 2.35. The van der Waals surface area contributed by atoms with Crippen LogP contribution in [0.15, 0.2) is 51.8 Å². The van der Waals surface area contributed by atoms with Crippen molar-refractivity contribution in [3.63, 3.8) is 0 Å². The Hall–Kier alpha value is -3.68. The van der Waals surface area contributed by atoms with Crippen molar-refractivity contribution in [1.29, 1.82) is 0 Å². The van der Waals surface area contributed by atoms with Crippen molar-refractivity contribution in [3.8, 4) is 11.4 Å². The summed E-state index contributed by atoms with van der Waals surface area (Å²) < 4.78 is 7.24. The lowest BCUT2D eigenvalue weighted by Gasteiger charge is -2.16. The third-order valence-electron chi connectivity index (χ3n) is 5.74. The first-order chi connectivity index (χ1) is 15.0. The minimum absolute atomic E-state index is 0.0462. The van der Waals surface area contributed by atoms with E-state index >= 15 is 0 Å². The van der Waals surface area contributed by atoms with Crippen LogP contribution in [0.4, 0.5) is 5.69 Å². The van der Waals surface area contributed by atoms with Crippen LogP contribution in [0.2, 0.25) is 0 Å². The number of fused-ring (bicyclic) bond motifs is 1. The number of amides is 1. The summed E-state index contributed by atoms with van der Waals surface area (Å²) in [5, 5.41) is 4.12. The van der Waals surface area contributed by atoms with Crippen molar-refractivity contribution in [2.24, 2.45) is 0 Å². The van der Waals surface area contributed by atoms with Crippen LogP contribution < -0.4 is 10.6 Å². The molecule has 2 aromatic heterocycles. The van der Waals surface area contributed by atoms with Gasteiger partial charge in [-0.25, -0.2) is 4.79 Å². The number of rotatable bonds is 5. The Morgan fingerprint density at radius 3 is 2.74 bits per heavy atom. The first-order valence-corrected chi connectivity index (χ1v) is 10.5. The summed E-state index contributed by atoms with van der Waals surface area (Å²) in [6.45, 7) is 5.23. The third kappa shape index (κ3) is 3.43. The molecule has 1 aliphatic heterocycles. The number of nitrogens with zero attached hydrogens (tertiary/aromatic N) is 4. The van der Waals surface area contributed by atoms with E-state index in [9.17, 15) is 9.59 Å². The van der Waals surface area contributed by atoms with E-state index in [4.69, 9.17) is 4.52 Å². The van der Waals surface area contributed by atoms with E-state index in [1.54, 1.807) is 9.47 Å². The predicted molar refractivity (Wildman–Crippen MR) is 117 cm³/mol. The number of benzene rings is 2. The quantitative estimate of drug-likeness (QED) is 0.535. The topological polar surface area (TPSA) is 97.0 Å². The fraction of sp³-hybridized carbons (Fsp3) is 0.304. The van der Waals surface area contributed by atoms with E-state index in [-0.39, 0.29) is 17.5 Å². The zero-order valence-corrected chi connectivity index (χ0v) is 17.5. The Morgan fingerprint density at radius 2 is 1.97 bits per heavy atom. The maximum atomic E-state index is 12.6. The summed E-state index contributed by atoms with van der Waals surface area (Å²) in [7, 11) is 0. The van der Waals surface area contributed by atoms with Gasteiger partial charge in [0.05, 0.1) is 17.0 Å². The molecule has 0 saturated carbocycles. The maximum Gasteiger partial charge on any atom is 0.326 e. The van der Waals surface area contributed by atoms with E-state index in [1.165, 1.54) is 0 Å². The van der Waals surface area contributed by atoms with Crippen LogP contribution in [0.1, 0.15) is 37.1 Å². The lowest BCUT2D eigenvalue weighted by Crippen LogP contribution is -2.24. The maximum absolute atomic E-state index is 12.6. The van der Waals surface area contributed by atoms with E-state index in [2.05, 4.69) is 15.1 Å². The highest BCUT2D eigenvalue weighted by atomic mass is 16.5. The molecule has 1 N–H and O–H groups in total. The van der Waals surface area contributed by atoms with E-state index in [1.807, 2.05) is 56.3 Å². The number of aromatic amines is 1. The van der Waals surface area contributed by atoms with Crippen LogP contribution in [0, 0.1) is 6.92 Å². The number of anilines is 1. The summed E-state index contributed by atoms with van der Waals surface area (Å²) in [5.74, 6) is 0.798. The monoisotopic (exact) mass is 417 g/mol. The van der Waals surface area contributed by atoms with Gasteiger partial charge < -0.3 is 14.4 Å². The first kappa shape index (κ1) is 19.3. The van der Waals surface area contributed by atoms with E-state index in [0.717, 1.165) is 34.3 Å². The summed E-state index contributed by atoms with van der Waals surface area (Å²) in [4.78, 5) is 33.9. The Bertz CT molecular complexity index is 1320. The zero-order valence-electron chi connectivity index (χ0n) is 17.5. The molecule has 1 saturated heterocycles. The number of H-pyrrole nitrogens is 1. The molecule has 8 nitrogen and oxygen atoms in total. The number of hydrogen-bond acceptors (Lipinski definition) is 5. The Morgan fingerprint density at radius 1 is 1.16 bits per heavy atom. The molecule has 1 aliphatic rings. The van der Waals surface area contributed by atoms with Gasteiger partial charge in [0.25, 0.3) is 0 Å². The van der Waals surface area contributed by atoms with Gasteiger partial charge in [-0.05, 0) is 43.7 Å². The average molecular weight is 417 g/mol. The smallest absolute Gasteiger partial charge is 0.326 e. The minimum Gasteiger partial charge on any atom is -0.339 e. The molecule has 4 aromatic rings. The summed E-state index contributed by atoms with van der Waals surface area (Å²) in [6.07, 6.45) is 1.21. The molecule has 1 fully saturated rings. The highest BCUT2D eigenvalue weighted by Crippen LogP contribution is 2.32. The molecule has 5 rings (SSSR count). The van der Waals surface area contributed by atoms with Crippen molar-refractivity contribution >= 4 is 22.6 Å². The number of aromatic nitrogens is 4. The number of carbonyl (C=O) groups excluding carboxylic acids is 1. The molecule has 0 radical (unpaired) electrons. The van der Waals surface area contributed by atoms with Gasteiger partial charge in [0.15, 0.2) is 0 Å². The van der Waals surface area contributed by atoms with Crippen molar-refractivity contribution < 1.29 is 9.32 Å². The fourth-order valence-corrected chi connectivity index (χ4v) is 4.11. The van der Waals surface area contributed by atoms with Gasteiger partial charge >= 0.3 is 5.69 Å². The normalized spacial score (nSPS) is 16.5. The van der Waals surface area contributed by atoms with Crippen LogP contribution in [-0.4, -0.2) is 32.1 Å². The first-order valence-electron chi connectivity index (χ1n) is 10.5. The van der Waals surface area contributed by atoms with Crippen LogP contribution >= 0.6 is 0 Å². The lowest BCUT2D eigenvalue weighted by atomic mass is 10.1. The standard InChI is InChI=1S/C23H23N5O3/c1-3-10-27-19-9-6-15(11-18(19)24-23(27)30)21-25-22(31-26-21)16-12-20(29)28(13-16)17-7-4-14(2)5-8-17/h4-9,11,16H,3,10,12-13H2,1-2H3,(H,24,30)/t16-/m0/s1. The van der Waals surface area contributed by atoms with Gasteiger partial charge in [-0.2, -0.15) is 4.98 Å². The molecular weight excluding hydrogens is 394 g/mol. The third-order valence-corrected chi connectivity index (χ3v) is 5.74. The second kappa shape index (κ2) is 7.54. The number of aryl methyl sites for hydroxylation is 2. The van der Waals surface area contributed by atoms with Crippen molar-refractivity contribution in [2.45, 2.75) is 39.2 Å². The van der Waals surface area contributed by atoms with Crippen LogP contribution in [0.3, 0.4) is 0 Å². The van der Waals surface area contributed by atoms with Gasteiger partial charge in [0, 0.05) is 30.8 Å². The van der Waals surface area contributed by atoms with Crippen LogP contribution in [0.5, 0.6) is 0 Å². The average Bonchev–Trinajstić information content (AvgIpc) is 3.46. The molecule has 0 aliphatic carbocycles. The fourth-order valence-electron chi connectivity index (χ4n) is 4.11. The molecule has 3 heterocycles. The number of carbonyl (C=O) groups is 1. The zero-order chi connectivity index (χ0) is 21.5. The van der Waals surface area contributed by atoms with Gasteiger partial charge in [-0.15, -0.1) is 0 Å². The van der Waals surface area contributed by atoms with Gasteiger partial charge in [0.1, 0.15) is 0 Å². The van der Waals surface area contributed by atoms with Crippen LogP contribution in [-0.2, 0) is 11.3 Å². The van der Waals surface area contributed by atoms with Crippen molar-refractivity contribution in [1.82, 2.24) is 19.7 Å². The summed E-state index contributed by atoms with van der Waals surface area (Å²) in [6, 6.07) is 13.5. The van der Waals surface area contributed by atoms with E-state index in [0.29, 0.717) is 31.2 Å². The Kier molecular flexibility index (Phi) is 4.69. The minimum atomic E-state index is -0.149. The molecule has 0 bridgehead atoms. The highest BCUT2D eigenvalue weighted by molar-refractivity contribution is 5.96. The molecule has 1 amide bonds. The number of imidazole rings is 1. The number of nitrogens with one attached hydrogen (secondary N) is 1. The molecular formula is C23H23N5O3. The largest absolute Gasteiger partial charge is 0.339 e. The molecule has 2 aromatic carbocycles. The molecule has 31 heavy (non-hydrogen) atoms. The van der Waals surface area contributed by atoms with Crippen molar-refractivity contribution in [3.05, 3.63) is 64.4 Å². The molecule has 8 heteroatoms. The molecule has 1 atom stereocenters. The van der Waals surface area contributed by atoms with Gasteiger partial charge in [-0.1, -0.05) is 29.8 Å². The van der Waals surface area contributed by atoms with Gasteiger partial charge in [-0.3, -0.25) is 9.36 Å². The SMILES string of the molecule is CCCn1c(=O)[nH]c2cc(-c3noc([C@H]4CC(=O)N(c5ccc(C)cc5)C4)n3)ccc21. The molecule has 0 spiro atoms. The molecule has 158 valence electrons. The second-order valence-electron chi connectivity index (χ2n) is 8.01. The lowest BCUT2D eigenvalue weighted by molar-refractivity contribution is -0.117. The predicted octanol–water partition coefficient (Wildman–Crippen LogP) is 3.62. The Labute approximate surface area is 178 Å². The van der Waals surface area contributed by atoms with Crippen molar-refractivity contribution in [2.75, 3.05) is 11.4 Å². The summed E-state index contributed by atoms with van der Waals surface area (Å²) in [5.41, 5.74) is 4.26. The number of hydrogen-bond donors (Lipinski definition) is 1. The summed E-state index contributed by atoms with van der Waals surface area (Å²) >= 11 is 0. The van der Waals surface area contributed by atoms with Gasteiger partial charge in [0.2, 0.25) is 17.6 Å².